The van der Waals surface area contributed by atoms with Gasteiger partial charge in [-0.3, -0.25) is 9.88 Å². The number of nitrogens with zero attached hydrogens (tertiary/aromatic N) is 3. The molecule has 0 spiro atoms. The van der Waals surface area contributed by atoms with Crippen LogP contribution in [0.25, 0.3) is 0 Å². The van der Waals surface area contributed by atoms with E-state index in [4.69, 9.17) is 5.26 Å². The van der Waals surface area contributed by atoms with Gasteiger partial charge >= 0.3 is 7.52 Å². The van der Waals surface area contributed by atoms with E-state index in [1.165, 1.54) is 4.90 Å². The molecule has 0 saturated carbocycles. The van der Waals surface area contributed by atoms with Crippen molar-refractivity contribution in [3.8, 4) is 6.19 Å². The average Bonchev–Trinajstić information content (AvgIpc) is 2.28. The van der Waals surface area contributed by atoms with Crippen LogP contribution in [0.4, 0.5) is 0 Å². The zero-order valence-corrected chi connectivity index (χ0v) is 9.25. The van der Waals surface area contributed by atoms with Crippen LogP contribution in [-0.4, -0.2) is 28.1 Å². The van der Waals surface area contributed by atoms with Gasteiger partial charge in [0.2, 0.25) is 5.96 Å². The third-order valence-electron chi connectivity index (χ3n) is 2.74. The smallest absolute Gasteiger partial charge is 0.328 e. The van der Waals surface area contributed by atoms with Gasteiger partial charge in [0.1, 0.15) is 5.28 Å². The second kappa shape index (κ2) is 3.26. The molecule has 0 aliphatic carbocycles. The topological polar surface area (TPSA) is 88.7 Å². The highest BCUT2D eigenvalue weighted by atomic mass is 31.2. The number of nitrogens with one attached hydrogen (secondary N) is 1. The van der Waals surface area contributed by atoms with Crippen molar-refractivity contribution in [2.75, 3.05) is 7.05 Å². The van der Waals surface area contributed by atoms with E-state index >= 15 is 0 Å². The van der Waals surface area contributed by atoms with E-state index in [1.807, 2.05) is 6.92 Å². The minimum absolute atomic E-state index is 0.155. The van der Waals surface area contributed by atoms with Gasteiger partial charge in [-0.15, -0.1) is 0 Å². The lowest BCUT2D eigenvalue weighted by Gasteiger charge is -2.33. The quantitative estimate of drug-likeness (QED) is 0.382. The summed E-state index contributed by atoms with van der Waals surface area (Å²) in [7, 11) is -1.97. The molecule has 7 heteroatoms. The number of nitriles is 1. The normalized spacial score (nSPS) is 36.5. The van der Waals surface area contributed by atoms with Crippen LogP contribution in [0.2, 0.25) is 0 Å². The first-order valence-electron chi connectivity index (χ1n) is 4.21. The first-order chi connectivity index (χ1) is 6.39. The highest BCUT2D eigenvalue weighted by Crippen LogP contribution is 2.62. The first kappa shape index (κ1) is 11.0. The Bertz CT molecular complexity index is 361. The molecule has 0 amide bonds. The van der Waals surface area contributed by atoms with E-state index < -0.39 is 12.8 Å². The maximum absolute atomic E-state index is 11.8. The third-order valence-corrected chi connectivity index (χ3v) is 5.07. The summed E-state index contributed by atoms with van der Waals surface area (Å²) < 4.78 is 15.4. The molecule has 0 bridgehead atoms. The molecule has 0 aromatic carbocycles. The van der Waals surface area contributed by atoms with E-state index in [1.54, 1.807) is 20.2 Å². The largest absolute Gasteiger partial charge is 0.339 e. The van der Waals surface area contributed by atoms with Gasteiger partial charge in [0.05, 0.1) is 0 Å². The predicted molar refractivity (Wildman–Crippen MR) is 52.5 cm³/mol. The summed E-state index contributed by atoms with van der Waals surface area (Å²) in [6.45, 7) is 3.47. The molecule has 1 unspecified atom stereocenters. The lowest BCUT2D eigenvalue weighted by atomic mass is 10.2. The molecule has 1 rings (SSSR count). The molecular formula is C7H13N4O2P. The van der Waals surface area contributed by atoms with Gasteiger partial charge in [-0.2, -0.15) is 10.0 Å². The fraction of sp³-hybridized carbons (Fsp3) is 0.714. The molecular weight excluding hydrogens is 203 g/mol. The Morgan fingerprint density at radius 3 is 2.79 bits per heavy atom. The van der Waals surface area contributed by atoms with Crippen LogP contribution in [0.3, 0.4) is 0 Å². The number of guanidine groups is 1. The second-order valence-corrected chi connectivity index (χ2v) is 5.59. The molecule has 1 heterocycles. The molecule has 2 atom stereocenters. The molecule has 0 aromatic heterocycles. The van der Waals surface area contributed by atoms with Gasteiger partial charge in [0.25, 0.3) is 0 Å². The molecule has 0 radical (unpaired) electrons. The summed E-state index contributed by atoms with van der Waals surface area (Å²) in [5, 5.41) is 9.80. The third kappa shape index (κ3) is 1.29. The maximum atomic E-state index is 11.8. The van der Waals surface area contributed by atoms with E-state index in [0.29, 0.717) is 6.42 Å². The minimum atomic E-state index is -3.61. The standard InChI is InChI=1S/C7H13N4O2P/c1-4-7(2)11(3)6(9-5-8)10-14(7,12)13/h4H2,1-3H3,(H2,9,10,12,13)/t7-/m0/s1. The highest BCUT2D eigenvalue weighted by molar-refractivity contribution is 7.58. The van der Waals surface area contributed by atoms with Crippen LogP contribution in [0.5, 0.6) is 0 Å². The van der Waals surface area contributed by atoms with Crippen LogP contribution in [0.15, 0.2) is 4.76 Å². The Hall–Kier alpha value is -1.05. The number of hydrogen-bond donors (Lipinski definition) is 2. The number of hydrogen-bond acceptors (Lipinski definition) is 4. The zero-order valence-electron chi connectivity index (χ0n) is 8.35. The van der Waals surface area contributed by atoms with Gasteiger partial charge in [0, 0.05) is 7.05 Å². The summed E-state index contributed by atoms with van der Waals surface area (Å²) in [5.74, 6) is 0.155. The molecule has 1 aliphatic rings. The molecule has 2 N–H and O–H groups in total. The molecule has 0 saturated heterocycles. The average molecular weight is 216 g/mol. The summed E-state index contributed by atoms with van der Waals surface area (Å²) in [5.41, 5.74) is 0. The Morgan fingerprint density at radius 2 is 2.43 bits per heavy atom. The van der Waals surface area contributed by atoms with Crippen molar-refractivity contribution in [3.05, 3.63) is 0 Å². The van der Waals surface area contributed by atoms with Crippen LogP contribution in [-0.2, 0) is 4.57 Å². The number of rotatable bonds is 1. The SMILES string of the molecule is CC[C@@]1(C)N(C)C(NC#N)=NP1(=O)O. The van der Waals surface area contributed by atoms with Crippen molar-refractivity contribution in [1.82, 2.24) is 10.2 Å². The first-order valence-corrected chi connectivity index (χ1v) is 5.82. The van der Waals surface area contributed by atoms with Crippen LogP contribution >= 0.6 is 7.52 Å². The lowest BCUT2D eigenvalue weighted by molar-refractivity contribution is 0.295. The Balaban J connectivity index is 3.12. The Kier molecular flexibility index (Phi) is 2.57. The van der Waals surface area contributed by atoms with Crippen molar-refractivity contribution in [3.63, 3.8) is 0 Å². The van der Waals surface area contributed by atoms with Gasteiger partial charge in [-0.25, -0.2) is 0 Å². The summed E-state index contributed by atoms with van der Waals surface area (Å²) >= 11 is 0. The van der Waals surface area contributed by atoms with Gasteiger partial charge in [-0.05, 0) is 13.3 Å². The van der Waals surface area contributed by atoms with Crippen molar-refractivity contribution < 1.29 is 9.46 Å². The van der Waals surface area contributed by atoms with Gasteiger partial charge in [0.15, 0.2) is 6.19 Å². The maximum Gasteiger partial charge on any atom is 0.339 e. The van der Waals surface area contributed by atoms with Gasteiger partial charge in [-0.1, -0.05) is 6.92 Å². The Labute approximate surface area is 82.7 Å². The predicted octanol–water partition coefficient (Wildman–Crippen LogP) is 0.670. The minimum Gasteiger partial charge on any atom is -0.328 e. The second-order valence-electron chi connectivity index (χ2n) is 3.33. The van der Waals surface area contributed by atoms with E-state index in [0.717, 1.165) is 0 Å². The summed E-state index contributed by atoms with van der Waals surface area (Å²) in [6.07, 6.45) is 2.17. The van der Waals surface area contributed by atoms with E-state index in [9.17, 15) is 9.46 Å². The van der Waals surface area contributed by atoms with E-state index in [-0.39, 0.29) is 5.96 Å². The van der Waals surface area contributed by atoms with Crippen LogP contribution in [0, 0.1) is 11.5 Å². The fourth-order valence-electron chi connectivity index (χ4n) is 1.33. The summed E-state index contributed by atoms with van der Waals surface area (Å²) in [6, 6.07) is 0. The van der Waals surface area contributed by atoms with Crippen molar-refractivity contribution in [2.24, 2.45) is 4.76 Å². The van der Waals surface area contributed by atoms with E-state index in [2.05, 4.69) is 10.1 Å². The lowest BCUT2D eigenvalue weighted by Crippen LogP contribution is -2.45. The monoisotopic (exact) mass is 216 g/mol. The van der Waals surface area contributed by atoms with Crippen LogP contribution < -0.4 is 5.32 Å². The molecule has 0 aromatic rings. The molecule has 6 nitrogen and oxygen atoms in total. The van der Waals surface area contributed by atoms with Crippen molar-refractivity contribution >= 4 is 13.5 Å². The Morgan fingerprint density at radius 1 is 1.86 bits per heavy atom. The van der Waals surface area contributed by atoms with Crippen molar-refractivity contribution in [1.29, 1.82) is 5.26 Å². The molecule has 0 fully saturated rings. The van der Waals surface area contributed by atoms with Gasteiger partial charge < -0.3 is 9.79 Å². The highest BCUT2D eigenvalue weighted by Gasteiger charge is 2.52. The molecule has 78 valence electrons. The molecule has 14 heavy (non-hydrogen) atoms. The zero-order chi connectivity index (χ0) is 11.0. The van der Waals surface area contributed by atoms with Crippen LogP contribution in [0.1, 0.15) is 20.3 Å². The fourth-order valence-corrected chi connectivity index (χ4v) is 2.88. The van der Waals surface area contributed by atoms with Crippen molar-refractivity contribution in [2.45, 2.75) is 25.5 Å². The molecule has 1 aliphatic heterocycles. The summed E-state index contributed by atoms with van der Waals surface area (Å²) in [4.78, 5) is 11.2.